The second-order valence-electron chi connectivity index (χ2n) is 6.04. The molecule has 4 heteroatoms. The lowest BCUT2D eigenvalue weighted by Gasteiger charge is -2.17. The van der Waals surface area contributed by atoms with Crippen molar-refractivity contribution in [3.05, 3.63) is 12.2 Å². The fourth-order valence-electron chi connectivity index (χ4n) is 3.10. The molecule has 1 unspecified atom stereocenters. The zero-order valence-electron chi connectivity index (χ0n) is 12.7. The molecule has 116 valence electrons. The van der Waals surface area contributed by atoms with Gasteiger partial charge in [0.05, 0.1) is 18.6 Å². The number of aliphatic hydroxyl groups is 2. The summed E-state index contributed by atoms with van der Waals surface area (Å²) in [6, 6.07) is 0. The van der Waals surface area contributed by atoms with E-state index in [2.05, 4.69) is 11.8 Å². The highest BCUT2D eigenvalue weighted by Crippen LogP contribution is 2.42. The van der Waals surface area contributed by atoms with Crippen molar-refractivity contribution < 1.29 is 19.7 Å². The second-order valence-corrected chi connectivity index (χ2v) is 6.04. The highest BCUT2D eigenvalue weighted by Gasteiger charge is 2.48. The van der Waals surface area contributed by atoms with Gasteiger partial charge in [-0.25, -0.2) is 0 Å². The van der Waals surface area contributed by atoms with Crippen LogP contribution in [0.15, 0.2) is 12.2 Å². The largest absolute Gasteiger partial charge is 0.462 e. The Labute approximate surface area is 126 Å². The molecule has 0 radical (unpaired) electrons. The topological polar surface area (TPSA) is 66.8 Å². The fourth-order valence-corrected chi connectivity index (χ4v) is 3.10. The number of carbonyl (C=O) groups is 1. The zero-order chi connectivity index (χ0) is 15.4. The Morgan fingerprint density at radius 2 is 2.24 bits per heavy atom. The van der Waals surface area contributed by atoms with Crippen LogP contribution in [0, 0.1) is 29.6 Å². The van der Waals surface area contributed by atoms with Gasteiger partial charge in [-0.05, 0) is 5.92 Å². The van der Waals surface area contributed by atoms with Gasteiger partial charge in [0.25, 0.3) is 0 Å². The summed E-state index contributed by atoms with van der Waals surface area (Å²) in [4.78, 5) is 11.3. The Balaban J connectivity index is 1.91. The molecule has 2 fully saturated rings. The summed E-state index contributed by atoms with van der Waals surface area (Å²) in [5, 5.41) is 20.2. The van der Waals surface area contributed by atoms with E-state index in [0.29, 0.717) is 19.3 Å². The lowest BCUT2D eigenvalue weighted by molar-refractivity contribution is -0.141. The molecule has 1 aliphatic carbocycles. The number of ether oxygens (including phenoxy) is 1. The van der Waals surface area contributed by atoms with Crippen LogP contribution < -0.4 is 0 Å². The van der Waals surface area contributed by atoms with Gasteiger partial charge in [0, 0.05) is 31.1 Å². The molecule has 0 aromatic rings. The Morgan fingerprint density at radius 1 is 1.48 bits per heavy atom. The molecule has 6 atom stereocenters. The lowest BCUT2D eigenvalue weighted by atomic mass is 9.90. The van der Waals surface area contributed by atoms with Crippen molar-refractivity contribution in [3.63, 3.8) is 0 Å². The van der Waals surface area contributed by atoms with Gasteiger partial charge >= 0.3 is 5.97 Å². The van der Waals surface area contributed by atoms with E-state index in [4.69, 9.17) is 4.74 Å². The van der Waals surface area contributed by atoms with Crippen LogP contribution in [0.4, 0.5) is 0 Å². The third-order valence-corrected chi connectivity index (χ3v) is 4.41. The van der Waals surface area contributed by atoms with Crippen LogP contribution in [-0.2, 0) is 9.53 Å². The van der Waals surface area contributed by atoms with Crippen molar-refractivity contribution in [1.29, 1.82) is 0 Å². The van der Waals surface area contributed by atoms with E-state index in [0.717, 1.165) is 6.42 Å². The SMILES string of the molecule is CCC#CCC(C)[C@H](O)/C=C/[C@@H]1[C@H]2CC(=O)O[C@H]2C[C@H]1O. The first-order valence-electron chi connectivity index (χ1n) is 7.72. The molecule has 0 bridgehead atoms. The monoisotopic (exact) mass is 292 g/mol. The second kappa shape index (κ2) is 7.11. The van der Waals surface area contributed by atoms with Crippen LogP contribution in [0.2, 0.25) is 0 Å². The average Bonchev–Trinajstić information content (AvgIpc) is 2.91. The van der Waals surface area contributed by atoms with E-state index < -0.39 is 12.2 Å². The van der Waals surface area contributed by atoms with Gasteiger partial charge < -0.3 is 14.9 Å². The average molecular weight is 292 g/mol. The van der Waals surface area contributed by atoms with Gasteiger partial charge in [0.2, 0.25) is 0 Å². The Morgan fingerprint density at radius 3 is 2.95 bits per heavy atom. The molecule has 0 aromatic carbocycles. The van der Waals surface area contributed by atoms with E-state index in [1.54, 1.807) is 6.08 Å². The minimum atomic E-state index is -0.583. The maximum absolute atomic E-state index is 11.3. The summed E-state index contributed by atoms with van der Waals surface area (Å²) in [7, 11) is 0. The first-order valence-corrected chi connectivity index (χ1v) is 7.72. The standard InChI is InChI=1S/C17H24O4/c1-3-4-5-6-11(2)14(18)8-7-12-13-9-17(20)21-16(13)10-15(12)19/h7-8,11-16,18-19H,3,6,9-10H2,1-2H3/b8-7+/t11?,12-,13-,14-,15-,16+/m1/s1. The summed E-state index contributed by atoms with van der Waals surface area (Å²) in [6.45, 7) is 3.95. The molecule has 0 aromatic heterocycles. The zero-order valence-corrected chi connectivity index (χ0v) is 12.7. The first-order chi connectivity index (χ1) is 10.0. The molecule has 2 rings (SSSR count). The van der Waals surface area contributed by atoms with Gasteiger partial charge in [-0.1, -0.05) is 26.0 Å². The van der Waals surface area contributed by atoms with Gasteiger partial charge in [0.1, 0.15) is 6.10 Å². The van der Waals surface area contributed by atoms with E-state index in [1.807, 2.05) is 19.9 Å². The minimum absolute atomic E-state index is 0.0474. The number of hydrogen-bond donors (Lipinski definition) is 2. The summed E-state index contributed by atoms with van der Waals surface area (Å²) >= 11 is 0. The van der Waals surface area contributed by atoms with Gasteiger partial charge in [-0.2, -0.15) is 0 Å². The fraction of sp³-hybridized carbons (Fsp3) is 0.706. The molecular formula is C17H24O4. The Hall–Kier alpha value is -1.31. The number of carbonyl (C=O) groups excluding carboxylic acids is 1. The molecule has 2 aliphatic rings. The van der Waals surface area contributed by atoms with Crippen molar-refractivity contribution in [3.8, 4) is 11.8 Å². The van der Waals surface area contributed by atoms with Crippen molar-refractivity contribution in [2.45, 2.75) is 57.8 Å². The van der Waals surface area contributed by atoms with Crippen molar-refractivity contribution >= 4 is 5.97 Å². The van der Waals surface area contributed by atoms with Gasteiger partial charge in [-0.3, -0.25) is 4.79 Å². The van der Waals surface area contributed by atoms with Crippen LogP contribution in [0.1, 0.15) is 39.5 Å². The van der Waals surface area contributed by atoms with Crippen LogP contribution in [-0.4, -0.2) is 34.5 Å². The van der Waals surface area contributed by atoms with E-state index >= 15 is 0 Å². The molecule has 1 heterocycles. The predicted octanol–water partition coefficient (Wildman–Crippen LogP) is 1.66. The molecule has 4 nitrogen and oxygen atoms in total. The van der Waals surface area contributed by atoms with Crippen LogP contribution in [0.3, 0.4) is 0 Å². The van der Waals surface area contributed by atoms with Crippen LogP contribution >= 0.6 is 0 Å². The molecule has 1 saturated carbocycles. The highest BCUT2D eigenvalue weighted by atomic mass is 16.6. The predicted molar refractivity (Wildman–Crippen MR) is 79.1 cm³/mol. The van der Waals surface area contributed by atoms with Crippen molar-refractivity contribution in [2.75, 3.05) is 0 Å². The Kier molecular flexibility index (Phi) is 5.44. The maximum Gasteiger partial charge on any atom is 0.306 e. The third kappa shape index (κ3) is 3.87. The maximum atomic E-state index is 11.3. The van der Waals surface area contributed by atoms with E-state index in [1.165, 1.54) is 0 Å². The summed E-state index contributed by atoms with van der Waals surface area (Å²) in [5.74, 6) is 5.84. The third-order valence-electron chi connectivity index (χ3n) is 4.41. The number of rotatable bonds is 4. The molecular weight excluding hydrogens is 268 g/mol. The van der Waals surface area contributed by atoms with Crippen molar-refractivity contribution in [1.82, 2.24) is 0 Å². The van der Waals surface area contributed by atoms with Gasteiger partial charge in [0.15, 0.2) is 0 Å². The summed E-state index contributed by atoms with van der Waals surface area (Å²) < 4.78 is 5.19. The summed E-state index contributed by atoms with van der Waals surface area (Å²) in [6.07, 6.45) is 4.69. The van der Waals surface area contributed by atoms with E-state index in [9.17, 15) is 15.0 Å². The molecule has 0 spiro atoms. The lowest BCUT2D eigenvalue weighted by Crippen LogP contribution is -2.20. The van der Waals surface area contributed by atoms with E-state index in [-0.39, 0.29) is 29.8 Å². The number of fused-ring (bicyclic) bond motifs is 1. The number of hydrogen-bond acceptors (Lipinski definition) is 4. The Bertz CT molecular complexity index is 459. The normalized spacial score (nSPS) is 34.2. The summed E-state index contributed by atoms with van der Waals surface area (Å²) in [5.41, 5.74) is 0. The molecule has 1 aliphatic heterocycles. The van der Waals surface area contributed by atoms with Crippen LogP contribution in [0.5, 0.6) is 0 Å². The highest BCUT2D eigenvalue weighted by molar-refractivity contribution is 5.72. The van der Waals surface area contributed by atoms with Crippen LogP contribution in [0.25, 0.3) is 0 Å². The quantitative estimate of drug-likeness (QED) is 0.470. The molecule has 21 heavy (non-hydrogen) atoms. The minimum Gasteiger partial charge on any atom is -0.462 e. The molecule has 1 saturated heterocycles. The van der Waals surface area contributed by atoms with Crippen molar-refractivity contribution in [2.24, 2.45) is 17.8 Å². The smallest absolute Gasteiger partial charge is 0.306 e. The molecule has 0 amide bonds. The first kappa shape index (κ1) is 16.1. The number of aliphatic hydroxyl groups excluding tert-OH is 2. The number of esters is 1. The van der Waals surface area contributed by atoms with Gasteiger partial charge in [-0.15, -0.1) is 11.8 Å². The molecule has 2 N–H and O–H groups in total.